The van der Waals surface area contributed by atoms with Crippen molar-refractivity contribution >= 4 is 44.9 Å². The third-order valence-electron chi connectivity index (χ3n) is 5.61. The Hall–Kier alpha value is -3.00. The van der Waals surface area contributed by atoms with Crippen LogP contribution in [0.5, 0.6) is 0 Å². The van der Waals surface area contributed by atoms with Crippen LogP contribution in [-0.2, 0) is 4.79 Å². The van der Waals surface area contributed by atoms with Crippen molar-refractivity contribution in [2.75, 3.05) is 42.5 Å². The molecule has 0 saturated carbocycles. The van der Waals surface area contributed by atoms with Crippen molar-refractivity contribution in [1.82, 2.24) is 14.9 Å². The Labute approximate surface area is 172 Å². The van der Waals surface area contributed by atoms with Crippen LogP contribution < -0.4 is 9.80 Å². The van der Waals surface area contributed by atoms with Crippen LogP contribution in [-0.4, -0.2) is 59.4 Å². The summed E-state index contributed by atoms with van der Waals surface area (Å²) in [5.74, 6) is 1.14. The zero-order valence-corrected chi connectivity index (χ0v) is 16.8. The fourth-order valence-electron chi connectivity index (χ4n) is 4.04. The third-order valence-corrected chi connectivity index (χ3v) is 6.43. The Morgan fingerprint density at radius 3 is 2.48 bits per heavy atom. The van der Waals surface area contributed by atoms with E-state index in [2.05, 4.69) is 20.9 Å². The number of amides is 2. The molecule has 0 unspecified atom stereocenters. The molecular weight excluding hydrogens is 386 g/mol. The van der Waals surface area contributed by atoms with Gasteiger partial charge >= 0.3 is 0 Å². The van der Waals surface area contributed by atoms with Gasteiger partial charge in [0.25, 0.3) is 5.91 Å². The molecule has 0 spiro atoms. The van der Waals surface area contributed by atoms with E-state index in [0.29, 0.717) is 25.1 Å². The van der Waals surface area contributed by atoms with Crippen molar-refractivity contribution in [2.45, 2.75) is 12.8 Å². The predicted molar refractivity (Wildman–Crippen MR) is 114 cm³/mol. The second-order valence-corrected chi connectivity index (χ2v) is 8.21. The molecule has 0 atom stereocenters. The number of nitrogens with zero attached hydrogens (tertiary/aromatic N) is 5. The summed E-state index contributed by atoms with van der Waals surface area (Å²) in [6.07, 6.45) is 3.11. The predicted octanol–water partition coefficient (Wildman–Crippen LogP) is 2.78. The van der Waals surface area contributed by atoms with E-state index in [1.165, 1.54) is 0 Å². The van der Waals surface area contributed by atoms with E-state index in [1.807, 2.05) is 34.5 Å². The maximum Gasteiger partial charge on any atom is 0.253 e. The Balaban J connectivity index is 1.25. The first-order chi connectivity index (χ1) is 14.2. The molecule has 148 valence electrons. The smallest absolute Gasteiger partial charge is 0.253 e. The number of rotatable bonds is 3. The van der Waals surface area contributed by atoms with Gasteiger partial charge in [0.05, 0.1) is 5.39 Å². The van der Waals surface area contributed by atoms with Crippen LogP contribution in [0.15, 0.2) is 42.0 Å². The summed E-state index contributed by atoms with van der Waals surface area (Å²) < 4.78 is 0. The van der Waals surface area contributed by atoms with Gasteiger partial charge in [0, 0.05) is 50.4 Å². The van der Waals surface area contributed by atoms with Gasteiger partial charge < -0.3 is 14.7 Å². The molecule has 8 heteroatoms. The summed E-state index contributed by atoms with van der Waals surface area (Å²) in [6.45, 7) is 3.55. The average Bonchev–Trinajstić information content (AvgIpc) is 3.42. The number of carbonyl (C=O) groups excluding carboxylic acids is 2. The van der Waals surface area contributed by atoms with Gasteiger partial charge in [0.15, 0.2) is 0 Å². The minimum absolute atomic E-state index is 0.0346. The van der Waals surface area contributed by atoms with Crippen LogP contribution in [0, 0.1) is 0 Å². The number of benzene rings is 1. The first-order valence-corrected chi connectivity index (χ1v) is 10.7. The van der Waals surface area contributed by atoms with Gasteiger partial charge in [-0.2, -0.15) is 0 Å². The summed E-state index contributed by atoms with van der Waals surface area (Å²) >= 11 is 1.61. The molecule has 0 bridgehead atoms. The molecule has 2 saturated heterocycles. The molecule has 3 aromatic rings. The van der Waals surface area contributed by atoms with E-state index in [9.17, 15) is 9.59 Å². The van der Waals surface area contributed by atoms with E-state index in [0.717, 1.165) is 47.8 Å². The summed E-state index contributed by atoms with van der Waals surface area (Å²) in [4.78, 5) is 40.5. The first-order valence-electron chi connectivity index (χ1n) is 9.83. The van der Waals surface area contributed by atoms with Crippen molar-refractivity contribution < 1.29 is 9.59 Å². The topological polar surface area (TPSA) is 69.6 Å². The van der Waals surface area contributed by atoms with Gasteiger partial charge in [-0.15, -0.1) is 11.3 Å². The Morgan fingerprint density at radius 2 is 1.76 bits per heavy atom. The molecule has 1 aromatic carbocycles. The number of hydrogen-bond donors (Lipinski definition) is 0. The van der Waals surface area contributed by atoms with E-state index in [1.54, 1.807) is 22.6 Å². The third kappa shape index (κ3) is 3.33. The standard InChI is InChI=1S/C21H21N5O2S/c27-18-2-1-8-26(18)16-5-3-15(4-6-16)21(28)25-11-9-24(10-12-25)19-17-7-13-29-20(17)23-14-22-19/h3-7,13-14H,1-2,8-12H2. The maximum atomic E-state index is 12.9. The van der Waals surface area contributed by atoms with Crippen molar-refractivity contribution in [1.29, 1.82) is 0 Å². The van der Waals surface area contributed by atoms with Gasteiger partial charge in [0.2, 0.25) is 5.91 Å². The number of fused-ring (bicyclic) bond motifs is 1. The Bertz CT molecular complexity index is 1060. The van der Waals surface area contributed by atoms with Crippen molar-refractivity contribution in [2.24, 2.45) is 0 Å². The molecule has 2 amide bonds. The van der Waals surface area contributed by atoms with Gasteiger partial charge in [-0.25, -0.2) is 9.97 Å². The summed E-state index contributed by atoms with van der Waals surface area (Å²) in [5.41, 5.74) is 1.54. The second kappa shape index (κ2) is 7.44. The summed E-state index contributed by atoms with van der Waals surface area (Å²) in [5, 5.41) is 3.10. The quantitative estimate of drug-likeness (QED) is 0.668. The fraction of sp³-hybridized carbons (Fsp3) is 0.333. The average molecular weight is 407 g/mol. The number of piperazine rings is 1. The molecular formula is C21H21N5O2S. The van der Waals surface area contributed by atoms with Gasteiger partial charge in [-0.1, -0.05) is 0 Å². The SMILES string of the molecule is O=C(c1ccc(N2CCCC2=O)cc1)N1CCN(c2ncnc3sccc23)CC1. The largest absolute Gasteiger partial charge is 0.352 e. The fourth-order valence-corrected chi connectivity index (χ4v) is 4.77. The highest BCUT2D eigenvalue weighted by Crippen LogP contribution is 2.28. The van der Waals surface area contributed by atoms with Crippen LogP contribution in [0.3, 0.4) is 0 Å². The minimum atomic E-state index is 0.0346. The Morgan fingerprint density at radius 1 is 0.966 bits per heavy atom. The van der Waals surface area contributed by atoms with E-state index >= 15 is 0 Å². The molecule has 0 aliphatic carbocycles. The highest BCUT2D eigenvalue weighted by Gasteiger charge is 2.25. The highest BCUT2D eigenvalue weighted by atomic mass is 32.1. The Kier molecular flexibility index (Phi) is 4.63. The lowest BCUT2D eigenvalue weighted by molar-refractivity contribution is -0.117. The van der Waals surface area contributed by atoms with E-state index in [4.69, 9.17) is 0 Å². The normalized spacial score (nSPS) is 17.4. The molecule has 4 heterocycles. The van der Waals surface area contributed by atoms with Gasteiger partial charge in [-0.05, 0) is 42.1 Å². The monoisotopic (exact) mass is 407 g/mol. The molecule has 2 aromatic heterocycles. The van der Waals surface area contributed by atoms with Crippen molar-refractivity contribution in [3.05, 3.63) is 47.6 Å². The van der Waals surface area contributed by atoms with Crippen molar-refractivity contribution in [3.8, 4) is 0 Å². The maximum absolute atomic E-state index is 12.9. The molecule has 7 nitrogen and oxygen atoms in total. The van der Waals surface area contributed by atoms with Crippen LogP contribution in [0.1, 0.15) is 23.2 Å². The zero-order chi connectivity index (χ0) is 19.8. The van der Waals surface area contributed by atoms with Gasteiger partial charge in [0.1, 0.15) is 17.0 Å². The molecule has 5 rings (SSSR count). The van der Waals surface area contributed by atoms with Crippen LogP contribution in [0.25, 0.3) is 10.2 Å². The lowest BCUT2D eigenvalue weighted by Gasteiger charge is -2.35. The van der Waals surface area contributed by atoms with E-state index in [-0.39, 0.29) is 11.8 Å². The van der Waals surface area contributed by atoms with Crippen molar-refractivity contribution in [3.63, 3.8) is 0 Å². The summed E-state index contributed by atoms with van der Waals surface area (Å²) in [6, 6.07) is 9.46. The molecule has 29 heavy (non-hydrogen) atoms. The van der Waals surface area contributed by atoms with Gasteiger partial charge in [-0.3, -0.25) is 9.59 Å². The first kappa shape index (κ1) is 18.1. The molecule has 0 N–H and O–H groups in total. The number of carbonyl (C=O) groups is 2. The number of hydrogen-bond acceptors (Lipinski definition) is 6. The number of anilines is 2. The molecule has 2 aliphatic rings. The minimum Gasteiger partial charge on any atom is -0.352 e. The molecule has 2 aliphatic heterocycles. The van der Waals surface area contributed by atoms with Crippen LogP contribution in [0.4, 0.5) is 11.5 Å². The lowest BCUT2D eigenvalue weighted by atomic mass is 10.1. The molecule has 0 radical (unpaired) electrons. The number of thiophene rings is 1. The summed E-state index contributed by atoms with van der Waals surface area (Å²) in [7, 11) is 0. The number of aromatic nitrogens is 2. The second-order valence-electron chi connectivity index (χ2n) is 7.31. The van der Waals surface area contributed by atoms with Crippen LogP contribution in [0.2, 0.25) is 0 Å². The highest BCUT2D eigenvalue weighted by molar-refractivity contribution is 7.16. The lowest BCUT2D eigenvalue weighted by Crippen LogP contribution is -2.49. The molecule has 2 fully saturated rings. The van der Waals surface area contributed by atoms with Crippen LogP contribution >= 0.6 is 11.3 Å². The zero-order valence-electron chi connectivity index (χ0n) is 16.0. The van der Waals surface area contributed by atoms with E-state index < -0.39 is 0 Å².